The quantitative estimate of drug-likeness (QED) is 0.135. The molecule has 15 heteroatoms. The molecule has 6 unspecified atom stereocenters. The van der Waals surface area contributed by atoms with Crippen LogP contribution in [0.1, 0.15) is 13.3 Å². The summed E-state index contributed by atoms with van der Waals surface area (Å²) in [5.41, 5.74) is 0. The molecule has 0 bridgehead atoms. The summed E-state index contributed by atoms with van der Waals surface area (Å²) < 4.78 is 43.5. The number of hydrogen-bond donors (Lipinski definition) is 3. The highest BCUT2D eigenvalue weighted by Crippen LogP contribution is 2.59. The summed E-state index contributed by atoms with van der Waals surface area (Å²) in [4.78, 5) is 11.9. The van der Waals surface area contributed by atoms with Crippen molar-refractivity contribution in [2.24, 2.45) is 5.92 Å². The largest absolute Gasteiger partial charge is 0.508 e. The van der Waals surface area contributed by atoms with Crippen LogP contribution in [-0.4, -0.2) is 112 Å². The number of nitrogens with one attached hydrogen (secondary N) is 1. The molecular formula is C18H36N2O10PS2+. The topological polar surface area (TPSA) is 142 Å². The Morgan fingerprint density at radius 1 is 1.30 bits per heavy atom. The van der Waals surface area contributed by atoms with Gasteiger partial charge in [-0.25, -0.2) is 12.7 Å². The predicted molar refractivity (Wildman–Crippen MR) is 123 cm³/mol. The molecule has 2 rings (SSSR count). The van der Waals surface area contributed by atoms with E-state index in [2.05, 4.69) is 16.5 Å². The smallest absolute Gasteiger partial charge is 0.434 e. The molecule has 2 saturated heterocycles. The Hall–Kier alpha value is -0.250. The van der Waals surface area contributed by atoms with Crippen molar-refractivity contribution >= 4 is 35.0 Å². The average Bonchev–Trinajstić information content (AvgIpc) is 2.69. The van der Waals surface area contributed by atoms with Crippen molar-refractivity contribution in [1.82, 2.24) is 5.32 Å². The molecule has 0 spiro atoms. The first-order valence-electron chi connectivity index (χ1n) is 10.6. The Morgan fingerprint density at radius 3 is 2.55 bits per heavy atom. The molecule has 3 N–H and O–H groups in total. The minimum absolute atomic E-state index is 0.0211. The van der Waals surface area contributed by atoms with Crippen molar-refractivity contribution in [3.05, 3.63) is 0 Å². The van der Waals surface area contributed by atoms with Gasteiger partial charge in [-0.2, -0.15) is 0 Å². The Bertz CT molecular complexity index is 711. The van der Waals surface area contributed by atoms with Gasteiger partial charge >= 0.3 is 13.8 Å². The Morgan fingerprint density at radius 2 is 1.97 bits per heavy atom. The van der Waals surface area contributed by atoms with Gasteiger partial charge in [0.05, 0.1) is 46.1 Å². The lowest BCUT2D eigenvalue weighted by Gasteiger charge is -2.43. The molecule has 6 atom stereocenters. The Balaban J connectivity index is 1.74. The molecule has 0 aromatic heterocycles. The van der Waals surface area contributed by atoms with E-state index in [4.69, 9.17) is 26.9 Å². The number of aliphatic hydroxyl groups excluding tert-OH is 2. The van der Waals surface area contributed by atoms with Crippen LogP contribution in [0.3, 0.4) is 0 Å². The number of carbonyl (C=O) groups is 1. The molecule has 2 aliphatic rings. The Kier molecular flexibility index (Phi) is 11.1. The summed E-state index contributed by atoms with van der Waals surface area (Å²) in [7, 11) is 3.15. The van der Waals surface area contributed by atoms with Gasteiger partial charge in [0.25, 0.3) is 0 Å². The molecule has 0 radical (unpaired) electrons. The highest BCUT2D eigenvalue weighted by atomic mass is 32.8. The normalized spacial score (nSPS) is 35.5. The molecule has 12 nitrogen and oxygen atoms in total. The molecule has 0 amide bonds. The number of likely N-dealkylation sites (N-methyl/N-ethyl adjacent to an activating group) is 1. The minimum atomic E-state index is -3.11. The van der Waals surface area contributed by atoms with Crippen LogP contribution in [0.2, 0.25) is 0 Å². The number of ether oxygens (including phenoxy) is 4. The third kappa shape index (κ3) is 9.37. The lowest BCUT2D eigenvalue weighted by molar-refractivity contribution is -0.873. The monoisotopic (exact) mass is 535 g/mol. The van der Waals surface area contributed by atoms with Crippen molar-refractivity contribution < 1.29 is 50.9 Å². The SMILES string of the molecule is COC1OC(COC(=O)OCCCP2(=O)OS(=S)O2)C(C)C(O)C1NCC(O)C[N+](C)(C)C. The van der Waals surface area contributed by atoms with Crippen LogP contribution in [0, 0.1) is 5.92 Å². The highest BCUT2D eigenvalue weighted by molar-refractivity contribution is 8.28. The summed E-state index contributed by atoms with van der Waals surface area (Å²) >= 11 is 4.67. The van der Waals surface area contributed by atoms with Crippen LogP contribution in [0.4, 0.5) is 4.79 Å². The second kappa shape index (κ2) is 12.6. The first-order chi connectivity index (χ1) is 15.3. The van der Waals surface area contributed by atoms with Crippen LogP contribution < -0.4 is 5.32 Å². The molecule has 2 heterocycles. The number of rotatable bonds is 12. The van der Waals surface area contributed by atoms with Gasteiger partial charge in [-0.1, -0.05) is 6.92 Å². The van der Waals surface area contributed by atoms with Gasteiger partial charge in [0.15, 0.2) is 16.3 Å². The van der Waals surface area contributed by atoms with E-state index in [1.54, 1.807) is 6.92 Å². The van der Waals surface area contributed by atoms with Crippen LogP contribution in [0.5, 0.6) is 0 Å². The molecule has 0 aliphatic carbocycles. The summed E-state index contributed by atoms with van der Waals surface area (Å²) in [6, 6.07) is -0.565. The number of nitrogens with zero attached hydrogens (tertiary/aromatic N) is 1. The van der Waals surface area contributed by atoms with E-state index in [-0.39, 0.29) is 38.3 Å². The van der Waals surface area contributed by atoms with E-state index in [1.165, 1.54) is 7.11 Å². The van der Waals surface area contributed by atoms with Crippen LogP contribution in [-0.2, 0) is 52.7 Å². The highest BCUT2D eigenvalue weighted by Gasteiger charge is 2.44. The number of carbonyl (C=O) groups excluding carboxylic acids is 1. The number of aliphatic hydroxyl groups is 2. The molecule has 0 saturated carbocycles. The summed E-state index contributed by atoms with van der Waals surface area (Å²) in [6.07, 6.45) is -3.43. The van der Waals surface area contributed by atoms with Crippen LogP contribution in [0.15, 0.2) is 0 Å². The van der Waals surface area contributed by atoms with Crippen LogP contribution >= 0.6 is 7.60 Å². The van der Waals surface area contributed by atoms with Gasteiger partial charge in [0.2, 0.25) is 0 Å². The molecule has 194 valence electrons. The van der Waals surface area contributed by atoms with Crippen molar-refractivity contribution in [3.63, 3.8) is 0 Å². The minimum Gasteiger partial charge on any atom is -0.434 e. The molecule has 2 fully saturated rings. The van der Waals surface area contributed by atoms with Gasteiger partial charge in [-0.05, 0) is 6.42 Å². The van der Waals surface area contributed by atoms with Gasteiger partial charge in [0, 0.05) is 30.8 Å². The zero-order chi connectivity index (χ0) is 24.8. The standard InChI is InChI=1S/C18H36N2O10PS2/c1-12-14(11-27-18(23)26-7-6-8-31(24)29-33(32)30-31)28-17(25-5)15(16(12)22)19-9-13(21)10-20(2,3)4/h12-17,19,21-22H,6-11H2,1-5H3/q+1. The van der Waals surface area contributed by atoms with E-state index < -0.39 is 54.4 Å². The fraction of sp³-hybridized carbons (Fsp3) is 0.944. The van der Waals surface area contributed by atoms with E-state index in [0.717, 1.165) is 0 Å². The number of methoxy groups -OCH3 is 1. The fourth-order valence-electron chi connectivity index (χ4n) is 3.54. The molecule has 33 heavy (non-hydrogen) atoms. The maximum atomic E-state index is 11.9. The number of hydrogen-bond acceptors (Lipinski definition) is 12. The van der Waals surface area contributed by atoms with E-state index in [0.29, 0.717) is 11.0 Å². The molecule has 0 aromatic rings. The van der Waals surface area contributed by atoms with Crippen LogP contribution in [0.25, 0.3) is 0 Å². The van der Waals surface area contributed by atoms with Gasteiger partial charge < -0.3 is 39.0 Å². The third-order valence-corrected chi connectivity index (χ3v) is 9.94. The van der Waals surface area contributed by atoms with E-state index >= 15 is 0 Å². The van der Waals surface area contributed by atoms with Gasteiger partial charge in [-0.3, -0.25) is 4.57 Å². The van der Waals surface area contributed by atoms with Gasteiger partial charge in [0.1, 0.15) is 25.4 Å². The summed E-state index contributed by atoms with van der Waals surface area (Å²) in [5, 5.41) is 24.1. The van der Waals surface area contributed by atoms with Crippen molar-refractivity contribution in [1.29, 1.82) is 0 Å². The fourth-order valence-corrected chi connectivity index (χ4v) is 7.85. The summed E-state index contributed by atoms with van der Waals surface area (Å²) in [6.45, 7) is 2.41. The lowest BCUT2D eigenvalue weighted by atomic mass is 9.89. The average molecular weight is 536 g/mol. The second-order valence-electron chi connectivity index (χ2n) is 9.14. The third-order valence-electron chi connectivity index (χ3n) is 5.19. The summed E-state index contributed by atoms with van der Waals surface area (Å²) in [5.74, 6) is -0.387. The first-order valence-corrected chi connectivity index (χ1v) is 14.3. The second-order valence-corrected chi connectivity index (χ2v) is 13.2. The Labute approximate surface area is 201 Å². The van der Waals surface area contributed by atoms with Gasteiger partial charge in [-0.15, -0.1) is 0 Å². The van der Waals surface area contributed by atoms with E-state index in [9.17, 15) is 19.6 Å². The lowest BCUT2D eigenvalue weighted by Crippen LogP contribution is -2.62. The zero-order valence-electron chi connectivity index (χ0n) is 19.6. The molecule has 2 aliphatic heterocycles. The van der Waals surface area contributed by atoms with Crippen molar-refractivity contribution in [3.8, 4) is 0 Å². The molecule has 0 aromatic carbocycles. The number of quaternary nitrogens is 1. The molecular weight excluding hydrogens is 499 g/mol. The zero-order valence-corrected chi connectivity index (χ0v) is 22.1. The predicted octanol–water partition coefficient (Wildman–Crippen LogP) is 0.0734. The van der Waals surface area contributed by atoms with Crippen molar-refractivity contribution in [2.75, 3.05) is 60.7 Å². The van der Waals surface area contributed by atoms with E-state index in [1.807, 2.05) is 21.1 Å². The van der Waals surface area contributed by atoms with Crippen molar-refractivity contribution in [2.45, 2.75) is 44.0 Å². The first kappa shape index (κ1) is 29.0. The maximum Gasteiger partial charge on any atom is 0.508 e. The maximum absolute atomic E-state index is 11.9.